The van der Waals surface area contributed by atoms with Gasteiger partial charge in [0.15, 0.2) is 5.75 Å². The standard InChI is InChI=1S/C7H4BrClF3NO/c8-1-4-2-13-3-5(6(4)9)14-7(10,11)12/h2-3H,1H2. The van der Waals surface area contributed by atoms with Crippen molar-refractivity contribution in [1.29, 1.82) is 0 Å². The van der Waals surface area contributed by atoms with Crippen LogP contribution in [0.4, 0.5) is 13.2 Å². The van der Waals surface area contributed by atoms with Crippen LogP contribution in [0.2, 0.25) is 5.02 Å². The van der Waals surface area contributed by atoms with Gasteiger partial charge in [-0.1, -0.05) is 27.5 Å². The molecule has 0 aliphatic rings. The lowest BCUT2D eigenvalue weighted by Crippen LogP contribution is -2.17. The van der Waals surface area contributed by atoms with Crippen molar-refractivity contribution in [2.24, 2.45) is 0 Å². The molecule has 1 aromatic heterocycles. The second-order valence-corrected chi connectivity index (χ2v) is 3.23. The first-order valence-corrected chi connectivity index (χ1v) is 4.88. The lowest BCUT2D eigenvalue weighted by molar-refractivity contribution is -0.274. The van der Waals surface area contributed by atoms with E-state index in [1.807, 2.05) is 0 Å². The minimum Gasteiger partial charge on any atom is -0.403 e. The summed E-state index contributed by atoms with van der Waals surface area (Å²) < 4.78 is 39.2. The third-order valence-electron chi connectivity index (χ3n) is 1.29. The van der Waals surface area contributed by atoms with Gasteiger partial charge < -0.3 is 4.74 Å². The second kappa shape index (κ2) is 4.35. The highest BCUT2D eigenvalue weighted by Gasteiger charge is 2.32. The average molecular weight is 290 g/mol. The van der Waals surface area contributed by atoms with Crippen LogP contribution in [0, 0.1) is 0 Å². The Bertz CT molecular complexity index is 331. The molecule has 7 heteroatoms. The summed E-state index contributed by atoms with van der Waals surface area (Å²) in [5.74, 6) is -0.490. The second-order valence-electron chi connectivity index (χ2n) is 2.29. The number of rotatable bonds is 2. The van der Waals surface area contributed by atoms with Gasteiger partial charge in [0.1, 0.15) is 0 Å². The molecule has 0 unspecified atom stereocenters. The summed E-state index contributed by atoms with van der Waals surface area (Å²) in [6, 6.07) is 0. The van der Waals surface area contributed by atoms with Crippen LogP contribution >= 0.6 is 27.5 Å². The van der Waals surface area contributed by atoms with Gasteiger partial charge in [0, 0.05) is 17.1 Å². The van der Waals surface area contributed by atoms with E-state index in [1.54, 1.807) is 0 Å². The van der Waals surface area contributed by atoms with Gasteiger partial charge in [-0.25, -0.2) is 0 Å². The maximum absolute atomic E-state index is 11.8. The molecule has 0 aliphatic carbocycles. The molecule has 0 bridgehead atoms. The molecule has 0 amide bonds. The lowest BCUT2D eigenvalue weighted by atomic mass is 10.3. The number of hydrogen-bond donors (Lipinski definition) is 0. The van der Waals surface area contributed by atoms with E-state index in [-0.39, 0.29) is 5.02 Å². The predicted molar refractivity (Wildman–Crippen MR) is 48.6 cm³/mol. The maximum atomic E-state index is 11.8. The molecule has 0 aromatic carbocycles. The van der Waals surface area contributed by atoms with Crippen LogP contribution in [0.15, 0.2) is 12.4 Å². The minimum absolute atomic E-state index is 0.0887. The molecule has 78 valence electrons. The monoisotopic (exact) mass is 289 g/mol. The SMILES string of the molecule is FC(F)(F)Oc1cncc(CBr)c1Cl. The van der Waals surface area contributed by atoms with Crippen LogP contribution in [0.3, 0.4) is 0 Å². The highest BCUT2D eigenvalue weighted by atomic mass is 79.9. The molecular formula is C7H4BrClF3NO. The van der Waals surface area contributed by atoms with Crippen LogP contribution in [0.1, 0.15) is 5.56 Å². The van der Waals surface area contributed by atoms with Gasteiger partial charge in [0.05, 0.1) is 11.2 Å². The number of nitrogens with zero attached hydrogens (tertiary/aromatic N) is 1. The van der Waals surface area contributed by atoms with E-state index in [4.69, 9.17) is 11.6 Å². The number of aromatic nitrogens is 1. The first-order chi connectivity index (χ1) is 6.44. The maximum Gasteiger partial charge on any atom is 0.573 e. The van der Waals surface area contributed by atoms with Crippen molar-refractivity contribution in [3.05, 3.63) is 23.0 Å². The van der Waals surface area contributed by atoms with Crippen LogP contribution in [-0.4, -0.2) is 11.3 Å². The Morgan fingerprint density at radius 3 is 2.57 bits per heavy atom. The van der Waals surface area contributed by atoms with Gasteiger partial charge in [0.2, 0.25) is 0 Å². The molecule has 14 heavy (non-hydrogen) atoms. The first-order valence-electron chi connectivity index (χ1n) is 3.38. The number of alkyl halides is 4. The summed E-state index contributed by atoms with van der Waals surface area (Å²) in [7, 11) is 0. The zero-order valence-corrected chi connectivity index (χ0v) is 8.95. The summed E-state index contributed by atoms with van der Waals surface area (Å²) in [4.78, 5) is 3.56. The molecule has 0 radical (unpaired) electrons. The Morgan fingerprint density at radius 2 is 2.07 bits per heavy atom. The van der Waals surface area contributed by atoms with E-state index in [9.17, 15) is 13.2 Å². The molecule has 0 atom stereocenters. The third-order valence-corrected chi connectivity index (χ3v) is 2.32. The molecule has 0 N–H and O–H groups in total. The number of hydrogen-bond acceptors (Lipinski definition) is 2. The van der Waals surface area contributed by atoms with Crippen LogP contribution in [0.25, 0.3) is 0 Å². The van der Waals surface area contributed by atoms with Crippen molar-refractivity contribution in [3.8, 4) is 5.75 Å². The van der Waals surface area contributed by atoms with Crippen molar-refractivity contribution in [1.82, 2.24) is 4.98 Å². The van der Waals surface area contributed by atoms with Gasteiger partial charge >= 0.3 is 6.36 Å². The van der Waals surface area contributed by atoms with E-state index in [0.29, 0.717) is 10.9 Å². The molecule has 1 aromatic rings. The summed E-state index contributed by atoms with van der Waals surface area (Å²) in [5, 5.41) is 0.225. The Labute approximate surface area is 91.2 Å². The van der Waals surface area contributed by atoms with E-state index in [2.05, 4.69) is 25.7 Å². The molecule has 0 spiro atoms. The minimum atomic E-state index is -4.75. The highest BCUT2D eigenvalue weighted by molar-refractivity contribution is 9.08. The highest BCUT2D eigenvalue weighted by Crippen LogP contribution is 2.32. The third kappa shape index (κ3) is 3.02. The molecule has 1 rings (SSSR count). The van der Waals surface area contributed by atoms with Crippen LogP contribution < -0.4 is 4.74 Å². The zero-order chi connectivity index (χ0) is 10.8. The number of pyridine rings is 1. The topological polar surface area (TPSA) is 22.1 Å². The van der Waals surface area contributed by atoms with Gasteiger partial charge in [0.25, 0.3) is 0 Å². The molecule has 0 saturated carbocycles. The summed E-state index contributed by atoms with van der Waals surface area (Å²) in [5.41, 5.74) is 0.438. The summed E-state index contributed by atoms with van der Waals surface area (Å²) in [6.07, 6.45) is -2.47. The van der Waals surface area contributed by atoms with Crippen molar-refractivity contribution in [2.45, 2.75) is 11.7 Å². The molecule has 0 aliphatic heterocycles. The Hall–Kier alpha value is -0.490. The van der Waals surface area contributed by atoms with E-state index < -0.39 is 12.1 Å². The fourth-order valence-corrected chi connectivity index (χ4v) is 1.55. The van der Waals surface area contributed by atoms with Crippen molar-refractivity contribution in [2.75, 3.05) is 0 Å². The van der Waals surface area contributed by atoms with Gasteiger partial charge in [-0.05, 0) is 0 Å². The van der Waals surface area contributed by atoms with Crippen LogP contribution in [-0.2, 0) is 5.33 Å². The largest absolute Gasteiger partial charge is 0.573 e. The average Bonchev–Trinajstić information content (AvgIpc) is 2.06. The van der Waals surface area contributed by atoms with Crippen molar-refractivity contribution < 1.29 is 17.9 Å². The smallest absolute Gasteiger partial charge is 0.403 e. The number of ether oxygens (including phenoxy) is 1. The Morgan fingerprint density at radius 1 is 1.43 bits per heavy atom. The quantitative estimate of drug-likeness (QED) is 0.777. The van der Waals surface area contributed by atoms with Crippen LogP contribution in [0.5, 0.6) is 5.75 Å². The molecule has 1 heterocycles. The van der Waals surface area contributed by atoms with E-state index >= 15 is 0 Å². The van der Waals surface area contributed by atoms with Crippen molar-refractivity contribution in [3.63, 3.8) is 0 Å². The summed E-state index contributed by atoms with van der Waals surface area (Å²) >= 11 is 8.68. The normalized spacial score (nSPS) is 11.5. The zero-order valence-electron chi connectivity index (χ0n) is 6.61. The van der Waals surface area contributed by atoms with Crippen molar-refractivity contribution >= 4 is 27.5 Å². The molecule has 0 fully saturated rings. The van der Waals surface area contributed by atoms with Gasteiger partial charge in [-0.15, -0.1) is 13.2 Å². The Balaban J connectivity index is 2.98. The molecule has 2 nitrogen and oxygen atoms in total. The predicted octanol–water partition coefficient (Wildman–Crippen LogP) is 3.53. The van der Waals surface area contributed by atoms with E-state index in [1.165, 1.54) is 6.20 Å². The fraction of sp³-hybridized carbons (Fsp3) is 0.286. The summed E-state index contributed by atoms with van der Waals surface area (Å²) in [6.45, 7) is 0. The molecule has 0 saturated heterocycles. The van der Waals surface area contributed by atoms with Gasteiger partial charge in [-0.2, -0.15) is 0 Å². The number of halogens is 5. The fourth-order valence-electron chi connectivity index (χ4n) is 0.756. The van der Waals surface area contributed by atoms with Gasteiger partial charge in [-0.3, -0.25) is 4.98 Å². The first kappa shape index (κ1) is 11.6. The van der Waals surface area contributed by atoms with E-state index in [0.717, 1.165) is 6.20 Å². The molecular weight excluding hydrogens is 286 g/mol. The Kier molecular flexibility index (Phi) is 3.60. The lowest BCUT2D eigenvalue weighted by Gasteiger charge is -2.10.